The maximum atomic E-state index is 12.4. The van der Waals surface area contributed by atoms with Crippen LogP contribution >= 0.6 is 15.9 Å². The Morgan fingerprint density at radius 2 is 2.33 bits per heavy atom. The molecule has 0 aromatic heterocycles. The zero-order chi connectivity index (χ0) is 15.5. The number of rotatable bonds is 3. The van der Waals surface area contributed by atoms with Crippen molar-refractivity contribution in [3.63, 3.8) is 0 Å². The van der Waals surface area contributed by atoms with Crippen molar-refractivity contribution in [1.82, 2.24) is 5.32 Å². The second kappa shape index (κ2) is 6.48. The molecule has 2 rings (SSSR count). The van der Waals surface area contributed by atoms with E-state index < -0.39 is 5.54 Å². The molecule has 0 heterocycles. The molecule has 112 valence electrons. The fourth-order valence-corrected chi connectivity index (χ4v) is 3.43. The number of amides is 1. The highest BCUT2D eigenvalue weighted by molar-refractivity contribution is 9.10. The van der Waals surface area contributed by atoms with Crippen LogP contribution in [0.15, 0.2) is 22.7 Å². The number of nitriles is 1. The van der Waals surface area contributed by atoms with Gasteiger partial charge in [-0.2, -0.15) is 5.26 Å². The van der Waals surface area contributed by atoms with Crippen LogP contribution in [0.1, 0.15) is 43.0 Å². The van der Waals surface area contributed by atoms with Crippen LogP contribution in [0.3, 0.4) is 0 Å². The van der Waals surface area contributed by atoms with Gasteiger partial charge in [0, 0.05) is 5.56 Å². The summed E-state index contributed by atoms with van der Waals surface area (Å²) in [4.78, 5) is 12.4. The fourth-order valence-electron chi connectivity index (χ4n) is 2.89. The van der Waals surface area contributed by atoms with Crippen LogP contribution in [0.2, 0.25) is 0 Å². The summed E-state index contributed by atoms with van der Waals surface area (Å²) < 4.78 is 5.88. The summed E-state index contributed by atoms with van der Waals surface area (Å²) in [5.74, 6) is 0.920. The predicted octanol–water partition coefficient (Wildman–Crippen LogP) is 3.66. The monoisotopic (exact) mass is 350 g/mol. The smallest absolute Gasteiger partial charge is 0.252 e. The Balaban J connectivity index is 2.17. The van der Waals surface area contributed by atoms with Crippen molar-refractivity contribution in [2.75, 3.05) is 7.11 Å². The van der Waals surface area contributed by atoms with Crippen LogP contribution in [0.25, 0.3) is 0 Å². The molecule has 1 aromatic rings. The summed E-state index contributed by atoms with van der Waals surface area (Å²) in [6.07, 6.45) is 3.53. The number of methoxy groups -OCH3 is 1. The highest BCUT2D eigenvalue weighted by Crippen LogP contribution is 2.32. The molecule has 1 N–H and O–H groups in total. The maximum Gasteiger partial charge on any atom is 0.252 e. The van der Waals surface area contributed by atoms with Crippen molar-refractivity contribution in [2.24, 2.45) is 5.92 Å². The number of ether oxygens (including phenoxy) is 1. The average molecular weight is 351 g/mol. The van der Waals surface area contributed by atoms with Gasteiger partial charge in [0.15, 0.2) is 0 Å². The van der Waals surface area contributed by atoms with Crippen LogP contribution in [0.5, 0.6) is 5.75 Å². The number of carbonyl (C=O) groups excluding carboxylic acids is 1. The van der Waals surface area contributed by atoms with E-state index in [1.165, 1.54) is 0 Å². The van der Waals surface area contributed by atoms with Crippen LogP contribution in [-0.4, -0.2) is 18.6 Å². The zero-order valence-corrected chi connectivity index (χ0v) is 13.9. The van der Waals surface area contributed by atoms with Crippen molar-refractivity contribution >= 4 is 21.8 Å². The minimum Gasteiger partial charge on any atom is -0.496 e. The Labute approximate surface area is 133 Å². The molecule has 1 fully saturated rings. The summed E-state index contributed by atoms with van der Waals surface area (Å²) in [5.41, 5.74) is -0.211. The third-order valence-electron chi connectivity index (χ3n) is 3.98. The van der Waals surface area contributed by atoms with Crippen LogP contribution < -0.4 is 10.1 Å². The summed E-state index contributed by atoms with van der Waals surface area (Å²) in [6, 6.07) is 7.47. The third-order valence-corrected chi connectivity index (χ3v) is 4.60. The first-order valence-corrected chi connectivity index (χ1v) is 7.86. The van der Waals surface area contributed by atoms with Crippen molar-refractivity contribution < 1.29 is 9.53 Å². The minimum absolute atomic E-state index is 0.214. The van der Waals surface area contributed by atoms with Gasteiger partial charge in [-0.15, -0.1) is 0 Å². The Bertz CT molecular complexity index is 582. The molecule has 1 aromatic carbocycles. The molecule has 0 aliphatic heterocycles. The van der Waals surface area contributed by atoms with Gasteiger partial charge >= 0.3 is 0 Å². The molecule has 21 heavy (non-hydrogen) atoms. The quantitative estimate of drug-likeness (QED) is 0.904. The summed E-state index contributed by atoms with van der Waals surface area (Å²) in [7, 11) is 1.58. The molecule has 1 amide bonds. The van der Waals surface area contributed by atoms with Gasteiger partial charge in [0.2, 0.25) is 0 Å². The largest absolute Gasteiger partial charge is 0.496 e. The van der Waals surface area contributed by atoms with E-state index in [1.54, 1.807) is 25.3 Å². The number of nitrogens with one attached hydrogen (secondary N) is 1. The molecule has 2 atom stereocenters. The molecule has 5 heteroatoms. The predicted molar refractivity (Wildman–Crippen MR) is 84.1 cm³/mol. The van der Waals surface area contributed by atoms with E-state index in [9.17, 15) is 10.1 Å². The standard InChI is InChI=1S/C16H19BrN2O2/c1-11-4-3-7-16(9-11,10-18)19-15(20)12-5-6-14(21-2)13(17)8-12/h5-6,8,11H,3-4,7,9H2,1-2H3,(H,19,20). The Morgan fingerprint density at radius 1 is 1.57 bits per heavy atom. The van der Waals surface area contributed by atoms with Gasteiger partial charge in [0.25, 0.3) is 5.91 Å². The van der Waals surface area contributed by atoms with E-state index in [0.29, 0.717) is 23.7 Å². The number of nitrogens with zero attached hydrogens (tertiary/aromatic N) is 1. The fraction of sp³-hybridized carbons (Fsp3) is 0.500. The highest BCUT2D eigenvalue weighted by atomic mass is 79.9. The molecule has 0 spiro atoms. The lowest BCUT2D eigenvalue weighted by molar-refractivity contribution is 0.0890. The maximum absolute atomic E-state index is 12.4. The van der Waals surface area contributed by atoms with Gasteiger partial charge < -0.3 is 10.1 Å². The highest BCUT2D eigenvalue weighted by Gasteiger charge is 2.36. The molecule has 0 radical (unpaired) electrons. The van der Waals surface area contributed by atoms with Crippen LogP contribution in [0, 0.1) is 17.2 Å². The van der Waals surface area contributed by atoms with Crippen molar-refractivity contribution in [3.05, 3.63) is 28.2 Å². The van der Waals surface area contributed by atoms with Crippen LogP contribution in [-0.2, 0) is 0 Å². The summed E-state index contributed by atoms with van der Waals surface area (Å²) in [6.45, 7) is 2.13. The van der Waals surface area contributed by atoms with E-state index >= 15 is 0 Å². The molecule has 1 saturated carbocycles. The SMILES string of the molecule is COc1ccc(C(=O)NC2(C#N)CCCC(C)C2)cc1Br. The molecule has 4 nitrogen and oxygen atoms in total. The summed E-state index contributed by atoms with van der Waals surface area (Å²) in [5, 5.41) is 12.4. The second-order valence-corrected chi connectivity index (χ2v) is 6.55. The number of benzene rings is 1. The van der Waals surface area contributed by atoms with Gasteiger partial charge in [-0.1, -0.05) is 13.3 Å². The number of carbonyl (C=O) groups is 1. The second-order valence-electron chi connectivity index (χ2n) is 5.70. The molecule has 0 saturated heterocycles. The van der Waals surface area contributed by atoms with Gasteiger partial charge in [-0.05, 0) is 59.3 Å². The minimum atomic E-state index is -0.735. The van der Waals surface area contributed by atoms with E-state index in [2.05, 4.69) is 34.2 Å². The van der Waals surface area contributed by atoms with Gasteiger partial charge in [0.1, 0.15) is 11.3 Å². The van der Waals surface area contributed by atoms with E-state index in [4.69, 9.17) is 4.74 Å². The number of hydrogen-bond acceptors (Lipinski definition) is 3. The Hall–Kier alpha value is -1.54. The number of halogens is 1. The lowest BCUT2D eigenvalue weighted by Gasteiger charge is -2.35. The Morgan fingerprint density at radius 3 is 2.90 bits per heavy atom. The summed E-state index contributed by atoms with van der Waals surface area (Å²) >= 11 is 3.37. The first-order chi connectivity index (χ1) is 9.99. The van der Waals surface area contributed by atoms with Crippen molar-refractivity contribution in [1.29, 1.82) is 5.26 Å². The first kappa shape index (κ1) is 15.8. The lowest BCUT2D eigenvalue weighted by atomic mass is 9.77. The normalized spacial score (nSPS) is 25.0. The third kappa shape index (κ3) is 3.56. The molecular formula is C16H19BrN2O2. The van der Waals surface area contributed by atoms with Gasteiger partial charge in [0.05, 0.1) is 17.7 Å². The number of hydrogen-bond donors (Lipinski definition) is 1. The van der Waals surface area contributed by atoms with E-state index in [0.717, 1.165) is 23.7 Å². The first-order valence-electron chi connectivity index (χ1n) is 7.07. The van der Waals surface area contributed by atoms with Crippen molar-refractivity contribution in [2.45, 2.75) is 38.1 Å². The topological polar surface area (TPSA) is 62.1 Å². The molecule has 1 aliphatic rings. The molecular weight excluding hydrogens is 332 g/mol. The van der Waals surface area contributed by atoms with Gasteiger partial charge in [-0.25, -0.2) is 0 Å². The lowest BCUT2D eigenvalue weighted by Crippen LogP contribution is -2.50. The van der Waals surface area contributed by atoms with Crippen molar-refractivity contribution in [3.8, 4) is 11.8 Å². The van der Waals surface area contributed by atoms with E-state index in [1.807, 2.05) is 0 Å². The van der Waals surface area contributed by atoms with Crippen LogP contribution in [0.4, 0.5) is 0 Å². The molecule has 1 aliphatic carbocycles. The average Bonchev–Trinajstić information content (AvgIpc) is 2.47. The Kier molecular flexibility index (Phi) is 4.89. The van der Waals surface area contributed by atoms with Gasteiger partial charge in [-0.3, -0.25) is 4.79 Å². The zero-order valence-electron chi connectivity index (χ0n) is 12.3. The van der Waals surface area contributed by atoms with E-state index in [-0.39, 0.29) is 5.91 Å². The molecule has 2 unspecified atom stereocenters. The molecule has 0 bridgehead atoms.